The van der Waals surface area contributed by atoms with Gasteiger partial charge >= 0.3 is 11.5 Å². The van der Waals surface area contributed by atoms with Gasteiger partial charge in [-0.2, -0.15) is 24.9 Å². The number of hydrogen-bond acceptors (Lipinski definition) is 4. The van der Waals surface area contributed by atoms with E-state index in [-0.39, 0.29) is 12.2 Å². The lowest BCUT2D eigenvalue weighted by molar-refractivity contribution is -0.0328. The van der Waals surface area contributed by atoms with Crippen molar-refractivity contribution in [3.63, 3.8) is 0 Å². The fourth-order valence-electron chi connectivity index (χ4n) is 2.54. The fraction of sp³-hybridized carbons (Fsp3) is 0.263. The predicted molar refractivity (Wildman–Crippen MR) is 108 cm³/mol. The monoisotopic (exact) mass is 482 g/mol. The Hall–Kier alpha value is -2.34. The molecule has 0 fully saturated rings. The van der Waals surface area contributed by atoms with Crippen LogP contribution in [0, 0.1) is 17.5 Å². The Balaban J connectivity index is 2.29. The van der Waals surface area contributed by atoms with E-state index in [1.807, 2.05) is 0 Å². The average molecular weight is 482 g/mol. The summed E-state index contributed by atoms with van der Waals surface area (Å²) in [7, 11) is 0. The average Bonchev–Trinajstić information content (AvgIpc) is 2.64. The number of urea groups is 1. The molecule has 0 bridgehead atoms. The lowest BCUT2D eigenvalue weighted by Crippen LogP contribution is -2.44. The zero-order valence-electron chi connectivity index (χ0n) is 15.9. The summed E-state index contributed by atoms with van der Waals surface area (Å²) < 4.78 is 79.6. The Morgan fingerprint density at radius 1 is 1.03 bits per heavy atom. The third-order valence-electron chi connectivity index (χ3n) is 3.83. The highest BCUT2D eigenvalue weighted by Crippen LogP contribution is 2.38. The van der Waals surface area contributed by atoms with E-state index in [2.05, 4.69) is 0 Å². The van der Waals surface area contributed by atoms with Crippen LogP contribution in [0.4, 0.5) is 36.8 Å². The number of rotatable bonds is 7. The van der Waals surface area contributed by atoms with Crippen LogP contribution in [0.5, 0.6) is 0 Å². The largest absolute Gasteiger partial charge is 0.446 e. The van der Waals surface area contributed by atoms with E-state index in [1.54, 1.807) is 11.6 Å². The van der Waals surface area contributed by atoms with Gasteiger partial charge in [-0.3, -0.25) is 15.0 Å². The van der Waals surface area contributed by atoms with E-state index < -0.39 is 57.1 Å². The molecule has 0 saturated heterocycles. The number of nitrogens with zero attached hydrogens (tertiary/aromatic N) is 1. The second-order valence-electron chi connectivity index (χ2n) is 6.01. The Bertz CT molecular complexity index is 935. The third-order valence-corrected chi connectivity index (χ3v) is 5.25. The van der Waals surface area contributed by atoms with Crippen LogP contribution in [0.1, 0.15) is 16.8 Å². The lowest BCUT2D eigenvalue weighted by atomic mass is 10.2. The first-order valence-electron chi connectivity index (χ1n) is 8.64. The molecule has 2 aromatic carbocycles. The summed E-state index contributed by atoms with van der Waals surface area (Å²) in [5.41, 5.74) is -6.00. The number of nitrogens with one attached hydrogen (secondary N) is 1. The zero-order chi connectivity index (χ0) is 23.2. The zero-order valence-corrected chi connectivity index (χ0v) is 17.6. The van der Waals surface area contributed by atoms with Gasteiger partial charge in [0.15, 0.2) is 0 Å². The maximum absolute atomic E-state index is 14.5. The van der Waals surface area contributed by atoms with Crippen molar-refractivity contribution in [3.8, 4) is 0 Å². The summed E-state index contributed by atoms with van der Waals surface area (Å²) in [5.74, 6) is -4.33. The minimum Gasteiger partial charge on any atom is -0.291 e. The van der Waals surface area contributed by atoms with E-state index in [0.29, 0.717) is 18.2 Å². The standard InChI is InChI=1S/C19H16F6N2O2S2/c1-30-9-3-8-27(15-7-6-11(10-14(15)22)31-19(23,24)25)18(29)26-17(28)16-12(20)4-2-5-13(16)21/h2,4-7,10H,3,8-9H2,1H3,(H,26,28,29). The summed E-state index contributed by atoms with van der Waals surface area (Å²) in [6.07, 6.45) is 2.15. The van der Waals surface area contributed by atoms with Gasteiger partial charge in [-0.15, -0.1) is 0 Å². The molecule has 0 heterocycles. The van der Waals surface area contributed by atoms with Gasteiger partial charge < -0.3 is 0 Å². The Morgan fingerprint density at radius 3 is 2.23 bits per heavy atom. The molecule has 0 unspecified atom stereocenters. The van der Waals surface area contributed by atoms with Crippen LogP contribution in [0.3, 0.4) is 0 Å². The van der Waals surface area contributed by atoms with Crippen molar-refractivity contribution in [1.29, 1.82) is 0 Å². The van der Waals surface area contributed by atoms with Crippen molar-refractivity contribution < 1.29 is 35.9 Å². The van der Waals surface area contributed by atoms with Gasteiger partial charge in [0.1, 0.15) is 23.0 Å². The normalized spacial score (nSPS) is 11.3. The molecule has 2 rings (SSSR count). The number of benzene rings is 2. The third kappa shape index (κ3) is 7.10. The van der Waals surface area contributed by atoms with Crippen LogP contribution in [0.15, 0.2) is 41.3 Å². The van der Waals surface area contributed by atoms with Gasteiger partial charge in [0.2, 0.25) is 0 Å². The number of carbonyl (C=O) groups is 2. The summed E-state index contributed by atoms with van der Waals surface area (Å²) in [6.45, 7) is -0.0949. The van der Waals surface area contributed by atoms with Gasteiger partial charge in [0.25, 0.3) is 5.91 Å². The summed E-state index contributed by atoms with van der Waals surface area (Å²) in [6, 6.07) is 4.07. The molecule has 1 N–H and O–H groups in total. The maximum atomic E-state index is 14.5. The van der Waals surface area contributed by atoms with Crippen molar-refractivity contribution in [1.82, 2.24) is 5.32 Å². The molecular formula is C19H16F6N2O2S2. The van der Waals surface area contributed by atoms with E-state index in [1.165, 1.54) is 11.8 Å². The van der Waals surface area contributed by atoms with Gasteiger partial charge in [-0.25, -0.2) is 18.0 Å². The van der Waals surface area contributed by atoms with Crippen molar-refractivity contribution in [3.05, 3.63) is 59.4 Å². The minimum absolute atomic E-state index is 0.0949. The summed E-state index contributed by atoms with van der Waals surface area (Å²) in [5, 5.41) is 1.79. The van der Waals surface area contributed by atoms with Gasteiger partial charge in [0.05, 0.1) is 5.69 Å². The van der Waals surface area contributed by atoms with Crippen molar-refractivity contribution in [2.75, 3.05) is 23.5 Å². The number of thioether (sulfide) groups is 2. The fourth-order valence-corrected chi connectivity index (χ4v) is 3.53. The highest BCUT2D eigenvalue weighted by Gasteiger charge is 2.30. The highest BCUT2D eigenvalue weighted by atomic mass is 32.2. The Kier molecular flexibility index (Phi) is 8.69. The van der Waals surface area contributed by atoms with Crippen LogP contribution < -0.4 is 10.2 Å². The highest BCUT2D eigenvalue weighted by molar-refractivity contribution is 8.00. The topological polar surface area (TPSA) is 49.4 Å². The molecule has 0 aliphatic carbocycles. The van der Waals surface area contributed by atoms with E-state index >= 15 is 0 Å². The molecule has 0 aromatic heterocycles. The molecule has 12 heteroatoms. The molecule has 0 saturated carbocycles. The molecule has 0 aliphatic heterocycles. The molecular weight excluding hydrogens is 466 g/mol. The first-order chi connectivity index (χ1) is 14.5. The molecule has 0 spiro atoms. The predicted octanol–water partition coefficient (Wildman–Crippen LogP) is 5.83. The number of amides is 3. The molecule has 168 valence electrons. The smallest absolute Gasteiger partial charge is 0.291 e. The van der Waals surface area contributed by atoms with Gasteiger partial charge in [0, 0.05) is 11.4 Å². The number of hydrogen-bond donors (Lipinski definition) is 1. The Labute approximate surface area is 182 Å². The van der Waals surface area contributed by atoms with E-state index in [9.17, 15) is 35.9 Å². The van der Waals surface area contributed by atoms with Crippen LogP contribution in [0.25, 0.3) is 0 Å². The first kappa shape index (κ1) is 24.9. The molecule has 3 amide bonds. The number of halogens is 6. The SMILES string of the molecule is CSCCCN(C(=O)NC(=O)c1c(F)cccc1F)c1ccc(SC(F)(F)F)cc1F. The molecule has 4 nitrogen and oxygen atoms in total. The molecule has 0 aliphatic rings. The van der Waals surface area contributed by atoms with Crippen LogP contribution >= 0.6 is 23.5 Å². The molecule has 31 heavy (non-hydrogen) atoms. The second-order valence-corrected chi connectivity index (χ2v) is 8.14. The molecule has 0 atom stereocenters. The van der Waals surface area contributed by atoms with Crippen LogP contribution in [-0.2, 0) is 0 Å². The van der Waals surface area contributed by atoms with Gasteiger partial charge in [-0.05, 0) is 60.5 Å². The van der Waals surface area contributed by atoms with E-state index in [0.717, 1.165) is 35.2 Å². The number of carbonyl (C=O) groups excluding carboxylic acids is 2. The number of imide groups is 1. The summed E-state index contributed by atoms with van der Waals surface area (Å²) >= 11 is 0.908. The van der Waals surface area contributed by atoms with Crippen molar-refractivity contribution in [2.24, 2.45) is 0 Å². The first-order valence-corrected chi connectivity index (χ1v) is 10.9. The maximum Gasteiger partial charge on any atom is 0.446 e. The van der Waals surface area contributed by atoms with Crippen LogP contribution in [-0.4, -0.2) is 36.0 Å². The molecule has 0 radical (unpaired) electrons. The van der Waals surface area contributed by atoms with E-state index in [4.69, 9.17) is 0 Å². The quantitative estimate of drug-likeness (QED) is 0.307. The lowest BCUT2D eigenvalue weighted by Gasteiger charge is -2.23. The second kappa shape index (κ2) is 10.8. The minimum atomic E-state index is -4.63. The van der Waals surface area contributed by atoms with Crippen molar-refractivity contribution >= 4 is 41.1 Å². The Morgan fingerprint density at radius 2 is 1.68 bits per heavy atom. The van der Waals surface area contributed by atoms with Crippen molar-refractivity contribution in [2.45, 2.75) is 16.8 Å². The summed E-state index contributed by atoms with van der Waals surface area (Å²) in [4.78, 5) is 25.2. The van der Waals surface area contributed by atoms with Gasteiger partial charge in [-0.1, -0.05) is 6.07 Å². The molecule has 2 aromatic rings. The van der Waals surface area contributed by atoms with Crippen LogP contribution in [0.2, 0.25) is 0 Å². The number of anilines is 1. The number of alkyl halides is 3.